The maximum atomic E-state index is 12.3. The summed E-state index contributed by atoms with van der Waals surface area (Å²) >= 11 is 0. The monoisotopic (exact) mass is 297 g/mol. The number of benzene rings is 1. The topological polar surface area (TPSA) is 89.6 Å². The number of nitrogen functional groups attached to an aromatic ring is 1. The molecule has 3 N–H and O–H groups in total. The molecule has 0 aliphatic carbocycles. The zero-order valence-corrected chi connectivity index (χ0v) is 12.0. The molecule has 0 spiro atoms. The van der Waals surface area contributed by atoms with Gasteiger partial charge in [0.2, 0.25) is 0 Å². The number of nitrogens with zero attached hydrogens (tertiary/aromatic N) is 1. The summed E-state index contributed by atoms with van der Waals surface area (Å²) in [6, 6.07) is 10.6. The van der Waals surface area contributed by atoms with Crippen LogP contribution in [-0.2, 0) is 4.74 Å². The summed E-state index contributed by atoms with van der Waals surface area (Å²) in [5.74, 6) is -0.300. The molecule has 3 rings (SSSR count). The Morgan fingerprint density at radius 1 is 1.32 bits per heavy atom. The van der Waals surface area contributed by atoms with Crippen LogP contribution in [0.2, 0.25) is 0 Å². The molecule has 0 unspecified atom stereocenters. The zero-order chi connectivity index (χ0) is 15.7. The number of carbonyl (C=O) groups is 1. The van der Waals surface area contributed by atoms with Crippen LogP contribution in [0.25, 0.3) is 16.8 Å². The number of nitrogens with two attached hydrogens (primary N) is 1. The van der Waals surface area contributed by atoms with Crippen LogP contribution in [0.1, 0.15) is 17.3 Å². The molecule has 0 atom stereocenters. The van der Waals surface area contributed by atoms with E-state index < -0.39 is 5.97 Å². The second kappa shape index (κ2) is 5.40. The molecular weight excluding hydrogens is 282 g/mol. The SMILES string of the molecule is CCOC(=O)c1c(-c2ccccc2)cn2c(=O)cc(N)[nH]c12. The Morgan fingerprint density at radius 2 is 2.05 bits per heavy atom. The van der Waals surface area contributed by atoms with Gasteiger partial charge in [-0.15, -0.1) is 0 Å². The molecule has 2 heterocycles. The number of anilines is 1. The van der Waals surface area contributed by atoms with Crippen LogP contribution in [0.4, 0.5) is 5.82 Å². The number of nitrogens with one attached hydrogen (secondary N) is 1. The molecule has 0 bridgehead atoms. The summed E-state index contributed by atoms with van der Waals surface area (Å²) in [7, 11) is 0. The minimum Gasteiger partial charge on any atom is -0.462 e. The summed E-state index contributed by atoms with van der Waals surface area (Å²) in [6.45, 7) is 1.98. The predicted octanol–water partition coefficient (Wildman–Crippen LogP) is 2.05. The van der Waals surface area contributed by atoms with Crippen molar-refractivity contribution in [3.8, 4) is 11.1 Å². The molecule has 0 saturated heterocycles. The van der Waals surface area contributed by atoms with Crippen molar-refractivity contribution in [1.29, 1.82) is 0 Å². The van der Waals surface area contributed by atoms with Gasteiger partial charge in [0, 0.05) is 17.8 Å². The molecule has 0 amide bonds. The first kappa shape index (κ1) is 13.9. The Kier molecular flexibility index (Phi) is 3.42. The number of aromatic amines is 1. The maximum Gasteiger partial charge on any atom is 0.342 e. The lowest BCUT2D eigenvalue weighted by molar-refractivity contribution is 0.0529. The summed E-state index contributed by atoms with van der Waals surface area (Å²) in [5, 5.41) is 0. The highest BCUT2D eigenvalue weighted by atomic mass is 16.5. The summed E-state index contributed by atoms with van der Waals surface area (Å²) in [5.41, 5.74) is 7.47. The quantitative estimate of drug-likeness (QED) is 0.724. The van der Waals surface area contributed by atoms with Crippen molar-refractivity contribution in [2.45, 2.75) is 6.92 Å². The summed E-state index contributed by atoms with van der Waals surface area (Å²) in [4.78, 5) is 27.3. The number of rotatable bonds is 3. The molecule has 0 aliphatic heterocycles. The van der Waals surface area contributed by atoms with Gasteiger partial charge in [-0.3, -0.25) is 9.20 Å². The molecule has 6 nitrogen and oxygen atoms in total. The van der Waals surface area contributed by atoms with Crippen LogP contribution < -0.4 is 11.3 Å². The van der Waals surface area contributed by atoms with E-state index >= 15 is 0 Å². The van der Waals surface area contributed by atoms with Crippen LogP contribution in [0.5, 0.6) is 0 Å². The van der Waals surface area contributed by atoms with Crippen LogP contribution in [0.15, 0.2) is 47.4 Å². The molecule has 22 heavy (non-hydrogen) atoms. The van der Waals surface area contributed by atoms with Gasteiger partial charge in [0.05, 0.1) is 6.61 Å². The first-order valence-corrected chi connectivity index (χ1v) is 6.88. The van der Waals surface area contributed by atoms with Gasteiger partial charge in [-0.05, 0) is 12.5 Å². The molecule has 6 heteroatoms. The third-order valence-corrected chi connectivity index (χ3v) is 3.35. The third-order valence-electron chi connectivity index (χ3n) is 3.35. The minimum absolute atomic E-state index is 0.195. The molecule has 0 fully saturated rings. The Labute approximate surface area is 126 Å². The van der Waals surface area contributed by atoms with Crippen LogP contribution in [0, 0.1) is 0 Å². The largest absolute Gasteiger partial charge is 0.462 e. The number of hydrogen-bond acceptors (Lipinski definition) is 4. The van der Waals surface area contributed by atoms with E-state index in [-0.39, 0.29) is 18.0 Å². The van der Waals surface area contributed by atoms with Crippen LogP contribution in [0.3, 0.4) is 0 Å². The second-order valence-electron chi connectivity index (χ2n) is 4.79. The molecule has 0 radical (unpaired) electrons. The molecule has 1 aromatic carbocycles. The number of fused-ring (bicyclic) bond motifs is 1. The molecular formula is C16H15N3O3. The van der Waals surface area contributed by atoms with E-state index in [0.29, 0.717) is 16.8 Å². The third kappa shape index (κ3) is 2.24. The van der Waals surface area contributed by atoms with Crippen molar-refractivity contribution in [2.75, 3.05) is 12.3 Å². The summed E-state index contributed by atoms with van der Waals surface area (Å²) in [6.07, 6.45) is 1.62. The molecule has 0 aliphatic rings. The standard InChI is InChI=1S/C16H15N3O3/c1-2-22-16(21)14-11(10-6-4-3-5-7-10)9-19-13(20)8-12(17)18-15(14)19/h3-9,18H,2,17H2,1H3. The molecule has 2 aromatic heterocycles. The highest BCUT2D eigenvalue weighted by Gasteiger charge is 2.22. The van der Waals surface area contributed by atoms with Crippen molar-refractivity contribution < 1.29 is 9.53 Å². The maximum absolute atomic E-state index is 12.3. The average Bonchev–Trinajstić information content (AvgIpc) is 2.88. The minimum atomic E-state index is -0.495. The van der Waals surface area contributed by atoms with E-state index in [4.69, 9.17) is 10.5 Å². The molecule has 0 saturated carbocycles. The van der Waals surface area contributed by atoms with E-state index in [0.717, 1.165) is 5.56 Å². The lowest BCUT2D eigenvalue weighted by Gasteiger charge is -2.05. The number of ether oxygens (including phenoxy) is 1. The first-order valence-electron chi connectivity index (χ1n) is 6.88. The lowest BCUT2D eigenvalue weighted by atomic mass is 10.0. The van der Waals surface area contributed by atoms with Crippen molar-refractivity contribution in [1.82, 2.24) is 9.38 Å². The Hall–Kier alpha value is -3.02. The number of esters is 1. The highest BCUT2D eigenvalue weighted by molar-refractivity contribution is 6.03. The van der Waals surface area contributed by atoms with Gasteiger partial charge in [0.25, 0.3) is 5.56 Å². The number of carbonyl (C=O) groups excluding carboxylic acids is 1. The molecule has 3 aromatic rings. The van der Waals surface area contributed by atoms with Gasteiger partial charge in [0.1, 0.15) is 17.0 Å². The van der Waals surface area contributed by atoms with E-state index in [1.54, 1.807) is 13.1 Å². The Balaban J connectivity index is 2.36. The van der Waals surface area contributed by atoms with Gasteiger partial charge >= 0.3 is 5.97 Å². The highest BCUT2D eigenvalue weighted by Crippen LogP contribution is 2.28. The van der Waals surface area contributed by atoms with Gasteiger partial charge in [-0.1, -0.05) is 30.3 Å². The normalized spacial score (nSPS) is 10.8. The smallest absolute Gasteiger partial charge is 0.342 e. The fourth-order valence-corrected chi connectivity index (χ4v) is 2.42. The number of H-pyrrole nitrogens is 1. The average molecular weight is 297 g/mol. The Bertz CT molecular complexity index is 894. The Morgan fingerprint density at radius 3 is 2.73 bits per heavy atom. The predicted molar refractivity (Wildman–Crippen MR) is 83.8 cm³/mol. The van der Waals surface area contributed by atoms with Crippen molar-refractivity contribution in [2.24, 2.45) is 0 Å². The van der Waals surface area contributed by atoms with E-state index in [1.165, 1.54) is 10.5 Å². The summed E-state index contributed by atoms with van der Waals surface area (Å²) < 4.78 is 6.49. The van der Waals surface area contributed by atoms with Gasteiger partial charge < -0.3 is 15.5 Å². The number of aromatic nitrogens is 2. The van der Waals surface area contributed by atoms with E-state index in [9.17, 15) is 9.59 Å². The fraction of sp³-hybridized carbons (Fsp3) is 0.125. The van der Waals surface area contributed by atoms with Gasteiger partial charge in [-0.2, -0.15) is 0 Å². The lowest BCUT2D eigenvalue weighted by Crippen LogP contribution is -2.14. The van der Waals surface area contributed by atoms with Crippen molar-refractivity contribution in [3.05, 3.63) is 58.5 Å². The fourth-order valence-electron chi connectivity index (χ4n) is 2.42. The van der Waals surface area contributed by atoms with Crippen molar-refractivity contribution >= 4 is 17.4 Å². The molecule has 112 valence electrons. The first-order chi connectivity index (χ1) is 10.6. The zero-order valence-electron chi connectivity index (χ0n) is 12.0. The van der Waals surface area contributed by atoms with Gasteiger partial charge in [-0.25, -0.2) is 4.79 Å². The number of hydrogen-bond donors (Lipinski definition) is 2. The van der Waals surface area contributed by atoms with Crippen LogP contribution in [-0.4, -0.2) is 22.0 Å². The van der Waals surface area contributed by atoms with E-state index in [1.807, 2.05) is 30.3 Å². The van der Waals surface area contributed by atoms with E-state index in [2.05, 4.69) is 4.98 Å². The van der Waals surface area contributed by atoms with Gasteiger partial charge in [0.15, 0.2) is 0 Å². The van der Waals surface area contributed by atoms with Crippen LogP contribution >= 0.6 is 0 Å². The van der Waals surface area contributed by atoms with Crippen molar-refractivity contribution in [3.63, 3.8) is 0 Å². The second-order valence-corrected chi connectivity index (χ2v) is 4.79.